The van der Waals surface area contributed by atoms with Crippen LogP contribution in [0.4, 0.5) is 10.1 Å². The number of nitrogens with zero attached hydrogens (tertiary/aromatic N) is 2. The summed E-state index contributed by atoms with van der Waals surface area (Å²) in [6.45, 7) is 3.19. The highest BCUT2D eigenvalue weighted by Crippen LogP contribution is 2.27. The van der Waals surface area contributed by atoms with Crippen molar-refractivity contribution in [3.05, 3.63) is 101 Å². The molecule has 0 heterocycles. The van der Waals surface area contributed by atoms with Crippen molar-refractivity contribution in [2.24, 2.45) is 0 Å². The van der Waals surface area contributed by atoms with Crippen LogP contribution in [0.1, 0.15) is 31.4 Å². The van der Waals surface area contributed by atoms with E-state index in [0.29, 0.717) is 12.0 Å². The lowest BCUT2D eigenvalue weighted by molar-refractivity contribution is -0.140. The molecule has 0 aliphatic heterocycles. The molecule has 3 rings (SSSR count). The topological polar surface area (TPSA) is 86.8 Å². The van der Waals surface area contributed by atoms with Crippen LogP contribution in [0.2, 0.25) is 5.02 Å². The van der Waals surface area contributed by atoms with Crippen molar-refractivity contribution in [1.29, 1.82) is 0 Å². The van der Waals surface area contributed by atoms with Gasteiger partial charge in [0.15, 0.2) is 0 Å². The number of para-hydroxylation sites is 1. The Morgan fingerprint density at radius 1 is 0.949 bits per heavy atom. The fraction of sp³-hybridized carbons (Fsp3) is 0.310. The third kappa shape index (κ3) is 8.53. The summed E-state index contributed by atoms with van der Waals surface area (Å²) in [6.07, 6.45) is 1.87. The van der Waals surface area contributed by atoms with Gasteiger partial charge in [0.25, 0.3) is 0 Å². The zero-order valence-electron chi connectivity index (χ0n) is 22.2. The molecule has 0 unspecified atom stereocenters. The van der Waals surface area contributed by atoms with Crippen molar-refractivity contribution in [3.8, 4) is 0 Å². The number of nitrogens with one attached hydrogen (secondary N) is 1. The molecule has 0 bridgehead atoms. The van der Waals surface area contributed by atoms with E-state index < -0.39 is 34.3 Å². The second-order valence-corrected chi connectivity index (χ2v) is 11.7. The average molecular weight is 574 g/mol. The van der Waals surface area contributed by atoms with Gasteiger partial charge in [-0.25, -0.2) is 12.8 Å². The Balaban J connectivity index is 2.06. The standard InChI is InChI=1S/C29H33ClFN3O4S/c1-4-21(2)32-29(36)27(18-22-10-6-5-7-11-22)33(19-23-14-16-24(31)17-15-23)28(35)20-34(39(3,37)38)26-13-9-8-12-25(26)30/h5-17,21,27H,4,18-20H2,1-3H3,(H,32,36)/t21-,27+/m1/s1. The Hall–Kier alpha value is -3.43. The molecular formula is C29H33ClFN3O4S. The smallest absolute Gasteiger partial charge is 0.244 e. The quantitative estimate of drug-likeness (QED) is 0.337. The van der Waals surface area contributed by atoms with Gasteiger partial charge in [0, 0.05) is 19.0 Å². The number of hydrogen-bond donors (Lipinski definition) is 1. The molecule has 1 N–H and O–H groups in total. The number of amides is 2. The zero-order chi connectivity index (χ0) is 28.6. The molecule has 39 heavy (non-hydrogen) atoms. The van der Waals surface area contributed by atoms with E-state index in [4.69, 9.17) is 11.6 Å². The lowest BCUT2D eigenvalue weighted by Crippen LogP contribution is -2.54. The SMILES string of the molecule is CC[C@@H](C)NC(=O)[C@H](Cc1ccccc1)N(Cc1ccc(F)cc1)C(=O)CN(c1ccccc1Cl)S(C)(=O)=O. The summed E-state index contributed by atoms with van der Waals surface area (Å²) in [5.74, 6) is -1.41. The van der Waals surface area contributed by atoms with Crippen LogP contribution in [0, 0.1) is 5.82 Å². The van der Waals surface area contributed by atoms with E-state index in [1.54, 1.807) is 12.1 Å². The maximum Gasteiger partial charge on any atom is 0.244 e. The van der Waals surface area contributed by atoms with Crippen LogP contribution in [0.15, 0.2) is 78.9 Å². The van der Waals surface area contributed by atoms with Gasteiger partial charge in [0.2, 0.25) is 21.8 Å². The van der Waals surface area contributed by atoms with E-state index in [2.05, 4.69) is 5.32 Å². The first-order chi connectivity index (χ1) is 18.5. The van der Waals surface area contributed by atoms with Crippen LogP contribution in [0.3, 0.4) is 0 Å². The first-order valence-electron chi connectivity index (χ1n) is 12.6. The summed E-state index contributed by atoms with van der Waals surface area (Å²) < 4.78 is 40.2. The van der Waals surface area contributed by atoms with Crippen molar-refractivity contribution in [2.45, 2.75) is 45.3 Å². The molecule has 0 fully saturated rings. The summed E-state index contributed by atoms with van der Waals surface area (Å²) >= 11 is 6.30. The third-order valence-electron chi connectivity index (χ3n) is 6.34. The molecule has 10 heteroatoms. The lowest BCUT2D eigenvalue weighted by Gasteiger charge is -2.34. The zero-order valence-corrected chi connectivity index (χ0v) is 23.8. The third-order valence-corrected chi connectivity index (χ3v) is 7.78. The highest BCUT2D eigenvalue weighted by molar-refractivity contribution is 7.92. The van der Waals surface area contributed by atoms with E-state index in [1.165, 1.54) is 41.3 Å². The number of sulfonamides is 1. The van der Waals surface area contributed by atoms with Gasteiger partial charge < -0.3 is 10.2 Å². The van der Waals surface area contributed by atoms with Gasteiger partial charge in [-0.2, -0.15) is 0 Å². The molecule has 3 aromatic carbocycles. The van der Waals surface area contributed by atoms with Crippen LogP contribution >= 0.6 is 11.6 Å². The molecule has 0 spiro atoms. The number of carbonyl (C=O) groups excluding carboxylic acids is 2. The van der Waals surface area contributed by atoms with Crippen LogP contribution < -0.4 is 9.62 Å². The molecule has 0 aromatic heterocycles. The summed E-state index contributed by atoms with van der Waals surface area (Å²) in [4.78, 5) is 28.9. The second-order valence-electron chi connectivity index (χ2n) is 9.39. The van der Waals surface area contributed by atoms with Gasteiger partial charge in [0.05, 0.1) is 17.0 Å². The number of carbonyl (C=O) groups is 2. The molecule has 0 aliphatic rings. The Kier molecular flexibility index (Phi) is 10.5. The number of halogens is 2. The summed E-state index contributed by atoms with van der Waals surface area (Å²) in [7, 11) is -3.92. The molecule has 208 valence electrons. The van der Waals surface area contributed by atoms with E-state index in [1.807, 2.05) is 44.2 Å². The van der Waals surface area contributed by atoms with Gasteiger partial charge in [0.1, 0.15) is 18.4 Å². The first-order valence-corrected chi connectivity index (χ1v) is 14.8. The Bertz CT molecular complexity index is 1370. The predicted molar refractivity (Wildman–Crippen MR) is 152 cm³/mol. The molecule has 0 saturated heterocycles. The highest BCUT2D eigenvalue weighted by Gasteiger charge is 2.33. The predicted octanol–water partition coefficient (Wildman–Crippen LogP) is 4.80. The van der Waals surface area contributed by atoms with Crippen molar-refractivity contribution in [2.75, 3.05) is 17.1 Å². The summed E-state index contributed by atoms with van der Waals surface area (Å²) in [6, 6.07) is 20.1. The van der Waals surface area contributed by atoms with Gasteiger partial charge in [-0.1, -0.05) is 73.1 Å². The van der Waals surface area contributed by atoms with Crippen molar-refractivity contribution < 1.29 is 22.4 Å². The van der Waals surface area contributed by atoms with E-state index in [0.717, 1.165) is 16.1 Å². The van der Waals surface area contributed by atoms with E-state index in [9.17, 15) is 22.4 Å². The second kappa shape index (κ2) is 13.6. The lowest BCUT2D eigenvalue weighted by atomic mass is 10.0. The Morgan fingerprint density at radius 3 is 2.15 bits per heavy atom. The minimum Gasteiger partial charge on any atom is -0.352 e. The monoisotopic (exact) mass is 573 g/mol. The van der Waals surface area contributed by atoms with Crippen LogP contribution in [-0.2, 0) is 32.6 Å². The molecule has 0 aliphatic carbocycles. The largest absolute Gasteiger partial charge is 0.352 e. The molecular weight excluding hydrogens is 541 g/mol. The minimum atomic E-state index is -3.92. The summed E-state index contributed by atoms with van der Waals surface area (Å²) in [5.41, 5.74) is 1.56. The molecule has 3 aromatic rings. The first kappa shape index (κ1) is 30.1. The normalized spacial score (nSPS) is 12.8. The average Bonchev–Trinajstić information content (AvgIpc) is 2.90. The van der Waals surface area contributed by atoms with E-state index in [-0.39, 0.29) is 35.6 Å². The molecule has 0 radical (unpaired) electrons. The minimum absolute atomic E-state index is 0.0370. The maximum atomic E-state index is 14.0. The van der Waals surface area contributed by atoms with Crippen LogP contribution in [0.5, 0.6) is 0 Å². The van der Waals surface area contributed by atoms with E-state index >= 15 is 0 Å². The van der Waals surface area contributed by atoms with Crippen molar-refractivity contribution >= 4 is 39.1 Å². The van der Waals surface area contributed by atoms with Crippen LogP contribution in [-0.4, -0.2) is 50.0 Å². The molecule has 2 amide bonds. The number of benzene rings is 3. The maximum absolute atomic E-state index is 14.0. The van der Waals surface area contributed by atoms with Crippen molar-refractivity contribution in [3.63, 3.8) is 0 Å². The van der Waals surface area contributed by atoms with Gasteiger partial charge in [-0.3, -0.25) is 13.9 Å². The van der Waals surface area contributed by atoms with Gasteiger partial charge >= 0.3 is 0 Å². The summed E-state index contributed by atoms with van der Waals surface area (Å²) in [5, 5.41) is 3.12. The molecule has 2 atom stereocenters. The van der Waals surface area contributed by atoms with Crippen molar-refractivity contribution in [1.82, 2.24) is 10.2 Å². The van der Waals surface area contributed by atoms with Gasteiger partial charge in [-0.05, 0) is 48.7 Å². The fourth-order valence-corrected chi connectivity index (χ4v) is 5.18. The Morgan fingerprint density at radius 2 is 1.56 bits per heavy atom. The van der Waals surface area contributed by atoms with Crippen LogP contribution in [0.25, 0.3) is 0 Å². The van der Waals surface area contributed by atoms with Gasteiger partial charge in [-0.15, -0.1) is 0 Å². The highest BCUT2D eigenvalue weighted by atomic mass is 35.5. The Labute approximate surface area is 234 Å². The number of hydrogen-bond acceptors (Lipinski definition) is 4. The molecule has 7 nitrogen and oxygen atoms in total. The fourth-order valence-electron chi connectivity index (χ4n) is 4.03. The number of rotatable bonds is 12. The number of anilines is 1. The molecule has 0 saturated carbocycles.